The summed E-state index contributed by atoms with van der Waals surface area (Å²) in [6.45, 7) is 8.52. The first kappa shape index (κ1) is 19.2. The highest BCUT2D eigenvalue weighted by Gasteiger charge is 2.20. The van der Waals surface area contributed by atoms with Gasteiger partial charge in [-0.15, -0.1) is 0 Å². The van der Waals surface area contributed by atoms with Crippen molar-refractivity contribution in [3.8, 4) is 5.75 Å². The molecule has 146 valence electrons. The van der Waals surface area contributed by atoms with Crippen LogP contribution in [0.15, 0.2) is 46.1 Å². The molecular formula is C20H29N5O2. The van der Waals surface area contributed by atoms with E-state index < -0.39 is 0 Å². The number of piperazine rings is 1. The first-order chi connectivity index (χ1) is 13.3. The molecule has 1 N–H and O–H groups in total. The summed E-state index contributed by atoms with van der Waals surface area (Å²) in [5.74, 6) is 1.89. The maximum absolute atomic E-state index is 5.21. The van der Waals surface area contributed by atoms with Crippen LogP contribution in [0.5, 0.6) is 5.75 Å². The molecule has 7 nitrogen and oxygen atoms in total. The zero-order valence-electron chi connectivity index (χ0n) is 16.2. The lowest BCUT2D eigenvalue weighted by Crippen LogP contribution is -2.52. The van der Waals surface area contributed by atoms with Crippen LogP contribution in [0.3, 0.4) is 0 Å². The van der Waals surface area contributed by atoms with E-state index in [1.807, 2.05) is 18.2 Å². The molecular weight excluding hydrogens is 342 g/mol. The Bertz CT molecular complexity index is 692. The number of guanidine groups is 1. The second-order valence-corrected chi connectivity index (χ2v) is 6.59. The van der Waals surface area contributed by atoms with Crippen LogP contribution in [0.1, 0.15) is 18.2 Å². The van der Waals surface area contributed by atoms with Crippen molar-refractivity contribution < 1.29 is 9.26 Å². The summed E-state index contributed by atoms with van der Waals surface area (Å²) in [6.07, 6.45) is 2.55. The Morgan fingerprint density at radius 3 is 2.59 bits per heavy atom. The quantitative estimate of drug-likeness (QED) is 0.593. The second kappa shape index (κ2) is 9.97. The van der Waals surface area contributed by atoms with E-state index in [0.717, 1.165) is 69.6 Å². The third kappa shape index (κ3) is 5.72. The van der Waals surface area contributed by atoms with Gasteiger partial charge in [-0.25, -0.2) is 0 Å². The minimum Gasteiger partial charge on any atom is -0.497 e. The van der Waals surface area contributed by atoms with Crippen LogP contribution < -0.4 is 10.1 Å². The molecule has 1 aliphatic rings. The molecule has 1 fully saturated rings. The molecule has 1 aromatic heterocycles. The van der Waals surface area contributed by atoms with Gasteiger partial charge in [0, 0.05) is 51.9 Å². The number of nitrogens with one attached hydrogen (secondary N) is 1. The number of hydrogen-bond acceptors (Lipinski definition) is 5. The first-order valence-corrected chi connectivity index (χ1v) is 9.56. The molecule has 27 heavy (non-hydrogen) atoms. The fraction of sp³-hybridized carbons (Fsp3) is 0.500. The molecule has 1 saturated heterocycles. The molecule has 1 aromatic carbocycles. The highest BCUT2D eigenvalue weighted by Crippen LogP contribution is 2.12. The molecule has 3 rings (SSSR count). The molecule has 1 aliphatic heterocycles. The fourth-order valence-electron chi connectivity index (χ4n) is 3.17. The Labute approximate surface area is 161 Å². The molecule has 2 aromatic rings. The molecule has 0 atom stereocenters. The lowest BCUT2D eigenvalue weighted by molar-refractivity contribution is 0.169. The van der Waals surface area contributed by atoms with Gasteiger partial charge in [0.25, 0.3) is 0 Å². The maximum Gasteiger partial charge on any atom is 0.194 e. The number of aliphatic imine (C=N–C) groups is 1. The number of methoxy groups -OCH3 is 1. The number of benzene rings is 1. The topological polar surface area (TPSA) is 66.1 Å². The molecule has 0 unspecified atom stereocenters. The van der Waals surface area contributed by atoms with Gasteiger partial charge in [0.05, 0.1) is 12.8 Å². The van der Waals surface area contributed by atoms with Gasteiger partial charge in [-0.05, 0) is 31.0 Å². The minimum atomic E-state index is 0.772. The van der Waals surface area contributed by atoms with Crippen molar-refractivity contribution in [3.63, 3.8) is 0 Å². The van der Waals surface area contributed by atoms with Gasteiger partial charge in [0.1, 0.15) is 12.0 Å². The summed E-state index contributed by atoms with van der Waals surface area (Å²) >= 11 is 0. The first-order valence-electron chi connectivity index (χ1n) is 9.56. The summed E-state index contributed by atoms with van der Waals surface area (Å²) in [4.78, 5) is 9.57. The van der Waals surface area contributed by atoms with Crippen LogP contribution in [0.2, 0.25) is 0 Å². The van der Waals surface area contributed by atoms with E-state index in [0.29, 0.717) is 0 Å². The lowest BCUT2D eigenvalue weighted by Gasteiger charge is -2.36. The zero-order chi connectivity index (χ0) is 18.9. The molecule has 2 heterocycles. The van der Waals surface area contributed by atoms with Crippen molar-refractivity contribution in [3.05, 3.63) is 47.9 Å². The van der Waals surface area contributed by atoms with Crippen molar-refractivity contribution in [1.82, 2.24) is 20.3 Å². The molecule has 0 aliphatic carbocycles. The Morgan fingerprint density at radius 1 is 1.19 bits per heavy atom. The minimum absolute atomic E-state index is 0.772. The normalized spacial score (nSPS) is 15.8. The number of nitrogens with zero attached hydrogens (tertiary/aromatic N) is 4. The fourth-order valence-corrected chi connectivity index (χ4v) is 3.17. The number of rotatable bonds is 7. The number of aromatic nitrogens is 1. The third-order valence-corrected chi connectivity index (χ3v) is 4.70. The summed E-state index contributed by atoms with van der Waals surface area (Å²) in [5.41, 5.74) is 2.26. The largest absolute Gasteiger partial charge is 0.497 e. The summed E-state index contributed by atoms with van der Waals surface area (Å²) in [7, 11) is 1.69. The van der Waals surface area contributed by atoms with Gasteiger partial charge in [-0.3, -0.25) is 9.89 Å². The van der Waals surface area contributed by atoms with E-state index in [1.54, 1.807) is 13.4 Å². The van der Waals surface area contributed by atoms with E-state index in [1.165, 1.54) is 5.56 Å². The van der Waals surface area contributed by atoms with Gasteiger partial charge < -0.3 is 19.5 Å². The van der Waals surface area contributed by atoms with E-state index in [2.05, 4.69) is 39.3 Å². The second-order valence-electron chi connectivity index (χ2n) is 6.59. The third-order valence-electron chi connectivity index (χ3n) is 4.70. The predicted molar refractivity (Wildman–Crippen MR) is 106 cm³/mol. The van der Waals surface area contributed by atoms with Crippen LogP contribution in [0.25, 0.3) is 0 Å². The lowest BCUT2D eigenvalue weighted by atomic mass is 10.1. The van der Waals surface area contributed by atoms with E-state index in [9.17, 15) is 0 Å². The van der Waals surface area contributed by atoms with Gasteiger partial charge >= 0.3 is 0 Å². The van der Waals surface area contributed by atoms with Crippen LogP contribution in [0, 0.1) is 0 Å². The van der Waals surface area contributed by atoms with E-state index >= 15 is 0 Å². The Balaban J connectivity index is 1.49. The van der Waals surface area contributed by atoms with Gasteiger partial charge in [0.15, 0.2) is 5.96 Å². The standard InChI is InChI=1S/C20H29N5O2/c1-3-21-20(22-10-8-17-4-6-19(26-2)7-5-17)25-13-11-24(12-14-25)16-18-9-15-27-23-18/h4-7,9,15H,3,8,10-14,16H2,1-2H3,(H,21,22). The van der Waals surface area contributed by atoms with Crippen molar-refractivity contribution in [2.24, 2.45) is 4.99 Å². The molecule has 0 bridgehead atoms. The highest BCUT2D eigenvalue weighted by atomic mass is 16.5. The van der Waals surface area contributed by atoms with Gasteiger partial charge in [0.2, 0.25) is 0 Å². The summed E-state index contributed by atoms with van der Waals surface area (Å²) < 4.78 is 10.1. The molecule has 0 radical (unpaired) electrons. The van der Waals surface area contributed by atoms with Crippen molar-refractivity contribution >= 4 is 5.96 Å². The van der Waals surface area contributed by atoms with Crippen LogP contribution >= 0.6 is 0 Å². The van der Waals surface area contributed by atoms with Crippen LogP contribution in [0.4, 0.5) is 0 Å². The highest BCUT2D eigenvalue weighted by molar-refractivity contribution is 5.80. The zero-order valence-corrected chi connectivity index (χ0v) is 16.2. The van der Waals surface area contributed by atoms with Gasteiger partial charge in [-0.1, -0.05) is 17.3 Å². The summed E-state index contributed by atoms with van der Waals surface area (Å²) in [5, 5.41) is 7.43. The molecule has 0 amide bonds. The average Bonchev–Trinajstić information content (AvgIpc) is 3.21. The maximum atomic E-state index is 5.21. The van der Waals surface area contributed by atoms with E-state index in [4.69, 9.17) is 14.3 Å². The Hall–Kier alpha value is -2.54. The monoisotopic (exact) mass is 371 g/mol. The average molecular weight is 371 g/mol. The number of hydrogen-bond donors (Lipinski definition) is 1. The molecule has 7 heteroatoms. The number of ether oxygens (including phenoxy) is 1. The van der Waals surface area contributed by atoms with Gasteiger partial charge in [-0.2, -0.15) is 0 Å². The van der Waals surface area contributed by atoms with Crippen LogP contribution in [-0.2, 0) is 13.0 Å². The van der Waals surface area contributed by atoms with Crippen molar-refractivity contribution in [2.45, 2.75) is 19.9 Å². The Morgan fingerprint density at radius 2 is 1.96 bits per heavy atom. The van der Waals surface area contributed by atoms with Crippen LogP contribution in [-0.4, -0.2) is 67.3 Å². The van der Waals surface area contributed by atoms with Crippen molar-refractivity contribution in [1.29, 1.82) is 0 Å². The Kier molecular flexibility index (Phi) is 7.10. The smallest absolute Gasteiger partial charge is 0.194 e. The molecule has 0 spiro atoms. The van der Waals surface area contributed by atoms with E-state index in [-0.39, 0.29) is 0 Å². The van der Waals surface area contributed by atoms with Crippen molar-refractivity contribution in [2.75, 3.05) is 46.4 Å². The summed E-state index contributed by atoms with van der Waals surface area (Å²) in [6, 6.07) is 10.1. The predicted octanol–water partition coefficient (Wildman–Crippen LogP) is 2.01. The SMILES string of the molecule is CCNC(=NCCc1ccc(OC)cc1)N1CCN(Cc2ccon2)CC1. The molecule has 0 saturated carbocycles.